The third-order valence-electron chi connectivity index (χ3n) is 12.5. The van der Waals surface area contributed by atoms with E-state index in [-0.39, 0.29) is 0 Å². The van der Waals surface area contributed by atoms with Crippen LogP contribution in [0.15, 0.2) is 237 Å². The summed E-state index contributed by atoms with van der Waals surface area (Å²) in [7, 11) is 0. The average Bonchev–Trinajstić information content (AvgIpc) is 3.38. The lowest BCUT2D eigenvalue weighted by atomic mass is 9.92. The molecule has 0 amide bonds. The maximum Gasteiger partial charge on any atom is 0.164 e. The molecule has 64 heavy (non-hydrogen) atoms. The van der Waals surface area contributed by atoms with Crippen molar-refractivity contribution in [2.75, 3.05) is 0 Å². The molecule has 12 aromatic rings. The fraction of sp³-hybridized carbons (Fsp3) is 0. The van der Waals surface area contributed by atoms with Crippen molar-refractivity contribution in [3.63, 3.8) is 0 Å². The summed E-state index contributed by atoms with van der Waals surface area (Å²) in [5, 5.41) is 14.1. The zero-order chi connectivity index (χ0) is 42.4. The first kappa shape index (κ1) is 37.2. The first-order valence-corrected chi connectivity index (χ1v) is 21.8. The van der Waals surface area contributed by atoms with Gasteiger partial charge in [0.1, 0.15) is 0 Å². The number of fused-ring (bicyclic) bond motifs is 11. The van der Waals surface area contributed by atoms with Gasteiger partial charge >= 0.3 is 0 Å². The number of nitrogens with zero attached hydrogens (tertiary/aromatic N) is 3. The number of rotatable bonds is 5. The van der Waals surface area contributed by atoms with Gasteiger partial charge < -0.3 is 0 Å². The zero-order valence-electron chi connectivity index (χ0n) is 34.9. The van der Waals surface area contributed by atoms with Gasteiger partial charge in [0.25, 0.3) is 0 Å². The molecule has 11 aromatic carbocycles. The first-order chi connectivity index (χ1) is 31.7. The molecule has 0 fully saturated rings. The predicted octanol–water partition coefficient (Wildman–Crippen LogP) is 16.3. The van der Waals surface area contributed by atoms with Crippen molar-refractivity contribution in [3.8, 4) is 56.4 Å². The van der Waals surface area contributed by atoms with E-state index in [1.54, 1.807) is 0 Å². The molecule has 0 bridgehead atoms. The van der Waals surface area contributed by atoms with Crippen LogP contribution in [0.25, 0.3) is 121 Å². The van der Waals surface area contributed by atoms with Crippen LogP contribution in [0.1, 0.15) is 0 Å². The quantitative estimate of drug-likeness (QED) is 0.174. The third kappa shape index (κ3) is 6.68. The Hall–Kier alpha value is -8.53. The molecule has 0 N–H and O–H groups in total. The number of aromatic nitrogens is 3. The SMILES string of the molecule is c1ccc(-c2cccc(-c3nc(-c4cccc(-c5ccccc5)c4)nc(-c4ccc5c6ccccc6c6ccccc6c6ccccc6c6cc7ccccc7cc6c5c4)n3)c2)cc1. The van der Waals surface area contributed by atoms with Gasteiger partial charge in [0.15, 0.2) is 17.5 Å². The Morgan fingerprint density at radius 3 is 0.906 bits per heavy atom. The summed E-state index contributed by atoms with van der Waals surface area (Å²) >= 11 is 0. The molecule has 3 heteroatoms. The summed E-state index contributed by atoms with van der Waals surface area (Å²) < 4.78 is 0. The Balaban J connectivity index is 1.19. The average molecular weight is 814 g/mol. The van der Waals surface area contributed by atoms with Crippen molar-refractivity contribution >= 4 is 64.6 Å². The van der Waals surface area contributed by atoms with Crippen molar-refractivity contribution in [2.45, 2.75) is 0 Å². The minimum Gasteiger partial charge on any atom is -0.208 e. The van der Waals surface area contributed by atoms with E-state index in [1.807, 2.05) is 12.1 Å². The highest BCUT2D eigenvalue weighted by atomic mass is 15.0. The van der Waals surface area contributed by atoms with Gasteiger partial charge in [-0.1, -0.05) is 206 Å². The molecule has 0 aliphatic heterocycles. The Morgan fingerprint density at radius 2 is 0.469 bits per heavy atom. The van der Waals surface area contributed by atoms with Gasteiger partial charge in [-0.25, -0.2) is 15.0 Å². The van der Waals surface area contributed by atoms with E-state index >= 15 is 0 Å². The van der Waals surface area contributed by atoms with Gasteiger partial charge in [-0.05, 0) is 117 Å². The third-order valence-corrected chi connectivity index (χ3v) is 12.5. The normalized spacial score (nSPS) is 11.4. The molecule has 0 atom stereocenters. The second kappa shape index (κ2) is 15.7. The minimum atomic E-state index is 0.608. The highest BCUT2D eigenvalue weighted by Crippen LogP contribution is 2.39. The van der Waals surface area contributed by atoms with Crippen LogP contribution in [0.2, 0.25) is 0 Å². The maximum absolute atomic E-state index is 5.33. The molecule has 0 saturated heterocycles. The summed E-state index contributed by atoms with van der Waals surface area (Å²) in [5.41, 5.74) is 7.23. The van der Waals surface area contributed by atoms with E-state index < -0.39 is 0 Å². The lowest BCUT2D eigenvalue weighted by molar-refractivity contribution is 1.07. The van der Waals surface area contributed by atoms with Gasteiger partial charge in [-0.15, -0.1) is 0 Å². The van der Waals surface area contributed by atoms with Crippen molar-refractivity contribution in [3.05, 3.63) is 237 Å². The van der Waals surface area contributed by atoms with Crippen molar-refractivity contribution in [1.82, 2.24) is 15.0 Å². The van der Waals surface area contributed by atoms with E-state index in [0.29, 0.717) is 17.5 Å². The number of hydrogen-bond donors (Lipinski definition) is 0. The van der Waals surface area contributed by atoms with Crippen LogP contribution in [0.5, 0.6) is 0 Å². The van der Waals surface area contributed by atoms with Crippen molar-refractivity contribution < 1.29 is 0 Å². The Bertz CT molecular complexity index is 3740. The lowest BCUT2D eigenvalue weighted by Crippen LogP contribution is -2.00. The molecule has 0 aliphatic rings. The summed E-state index contributed by atoms with van der Waals surface area (Å²) in [6.07, 6.45) is 0. The molecule has 0 saturated carbocycles. The second-order valence-corrected chi connectivity index (χ2v) is 16.3. The smallest absolute Gasteiger partial charge is 0.164 e. The Morgan fingerprint density at radius 1 is 0.172 bits per heavy atom. The molecular formula is C61H39N3. The predicted molar refractivity (Wildman–Crippen MR) is 270 cm³/mol. The molecule has 1 aromatic heterocycles. The summed E-state index contributed by atoms with van der Waals surface area (Å²) in [6, 6.07) is 84.6. The molecule has 3 nitrogen and oxygen atoms in total. The number of benzene rings is 10. The van der Waals surface area contributed by atoms with Crippen LogP contribution in [0.3, 0.4) is 0 Å². The monoisotopic (exact) mass is 813 g/mol. The van der Waals surface area contributed by atoms with Gasteiger partial charge in [0, 0.05) is 16.7 Å². The Kier molecular flexibility index (Phi) is 9.16. The van der Waals surface area contributed by atoms with Crippen LogP contribution in [0, 0.1) is 0 Å². The van der Waals surface area contributed by atoms with E-state index in [1.165, 1.54) is 48.5 Å². The topological polar surface area (TPSA) is 38.7 Å². The number of hydrogen-bond acceptors (Lipinski definition) is 3. The molecule has 0 spiro atoms. The van der Waals surface area contributed by atoms with Crippen LogP contribution in [-0.4, -0.2) is 15.0 Å². The van der Waals surface area contributed by atoms with Gasteiger partial charge in [-0.2, -0.15) is 0 Å². The van der Waals surface area contributed by atoms with E-state index in [4.69, 9.17) is 15.0 Å². The molecule has 12 rings (SSSR count). The molecule has 0 aliphatic carbocycles. The molecule has 298 valence electrons. The van der Waals surface area contributed by atoms with E-state index in [9.17, 15) is 0 Å². The molecule has 1 heterocycles. The zero-order valence-corrected chi connectivity index (χ0v) is 34.9. The second-order valence-electron chi connectivity index (χ2n) is 16.3. The summed E-state index contributed by atoms with van der Waals surface area (Å²) in [6.45, 7) is 0. The molecule has 0 radical (unpaired) electrons. The van der Waals surface area contributed by atoms with Gasteiger partial charge in [0.05, 0.1) is 0 Å². The fourth-order valence-electron chi connectivity index (χ4n) is 9.39. The fourth-order valence-corrected chi connectivity index (χ4v) is 9.39. The van der Waals surface area contributed by atoms with E-state index in [0.717, 1.165) is 55.1 Å². The van der Waals surface area contributed by atoms with Gasteiger partial charge in [-0.3, -0.25) is 0 Å². The van der Waals surface area contributed by atoms with Crippen LogP contribution >= 0.6 is 0 Å². The van der Waals surface area contributed by atoms with Crippen molar-refractivity contribution in [2.24, 2.45) is 0 Å². The van der Waals surface area contributed by atoms with Gasteiger partial charge in [0.2, 0.25) is 0 Å². The summed E-state index contributed by atoms with van der Waals surface area (Å²) in [5.74, 6) is 1.84. The largest absolute Gasteiger partial charge is 0.208 e. The lowest BCUT2D eigenvalue weighted by Gasteiger charge is -2.13. The van der Waals surface area contributed by atoms with Crippen LogP contribution in [-0.2, 0) is 0 Å². The van der Waals surface area contributed by atoms with Crippen molar-refractivity contribution in [1.29, 1.82) is 0 Å². The standard InChI is InChI=1S/C61H39N3/c1-3-17-40(18-4-1)42-23-15-25-46(35-42)59-62-60(47-26-16-24-43(36-47)41-19-5-2-6-20-41)64-61(63-59)48-33-34-55-53-31-12-11-29-51(53)49-27-9-10-28-50(49)52-30-13-14-32-54(52)56-37-44-21-7-8-22-45(44)38-58(56)57(55)39-48/h1-39H. The molecule has 0 unspecified atom stereocenters. The first-order valence-electron chi connectivity index (χ1n) is 21.8. The minimum absolute atomic E-state index is 0.608. The molecular weight excluding hydrogens is 775 g/mol. The highest BCUT2D eigenvalue weighted by molar-refractivity contribution is 6.27. The Labute approximate surface area is 371 Å². The van der Waals surface area contributed by atoms with E-state index in [2.05, 4.69) is 224 Å². The van der Waals surface area contributed by atoms with Crippen LogP contribution < -0.4 is 0 Å². The van der Waals surface area contributed by atoms with Crippen LogP contribution in [0.4, 0.5) is 0 Å². The maximum atomic E-state index is 5.33. The summed E-state index contributed by atoms with van der Waals surface area (Å²) in [4.78, 5) is 15.9. The highest BCUT2D eigenvalue weighted by Gasteiger charge is 2.16.